The van der Waals surface area contributed by atoms with Crippen molar-refractivity contribution in [2.24, 2.45) is 5.92 Å². The zero-order valence-electron chi connectivity index (χ0n) is 35.6. The molecule has 0 heterocycles. The largest absolute Gasteiger partial charge is 0.466 e. The van der Waals surface area contributed by atoms with Crippen molar-refractivity contribution < 1.29 is 19.1 Å². The first-order valence-corrected chi connectivity index (χ1v) is 23.6. The lowest BCUT2D eigenvalue weighted by molar-refractivity contribution is -0.155. The monoisotopic (exact) mass is 733 g/mol. The number of hydrogen-bond donors (Lipinski definition) is 0. The molecular weight excluding hydrogens is 641 g/mol. The summed E-state index contributed by atoms with van der Waals surface area (Å²) in [4.78, 5) is 25.8. The van der Waals surface area contributed by atoms with Crippen molar-refractivity contribution in [3.8, 4) is 0 Å². The van der Waals surface area contributed by atoms with E-state index in [1.165, 1.54) is 186 Å². The molecule has 0 saturated carbocycles. The van der Waals surface area contributed by atoms with Crippen LogP contribution >= 0.6 is 0 Å². The molecule has 0 aromatic rings. The first-order chi connectivity index (χ1) is 25.7. The Labute approximate surface area is 326 Å². The van der Waals surface area contributed by atoms with Gasteiger partial charge in [0.1, 0.15) is 0 Å². The number of esters is 2. The molecule has 0 bridgehead atoms. The molecule has 0 spiro atoms. The Morgan fingerprint density at radius 1 is 0.385 bits per heavy atom. The number of carbonyl (C=O) groups is 2. The van der Waals surface area contributed by atoms with Gasteiger partial charge in [0.2, 0.25) is 0 Å². The van der Waals surface area contributed by atoms with E-state index in [1.54, 1.807) is 0 Å². The van der Waals surface area contributed by atoms with Gasteiger partial charge in [-0.15, -0.1) is 0 Å². The van der Waals surface area contributed by atoms with Gasteiger partial charge in [-0.2, -0.15) is 0 Å². The summed E-state index contributed by atoms with van der Waals surface area (Å²) in [6.45, 7) is 7.76. The fourth-order valence-electron chi connectivity index (χ4n) is 7.21. The van der Waals surface area contributed by atoms with E-state index in [9.17, 15) is 9.59 Å². The van der Waals surface area contributed by atoms with Gasteiger partial charge in [0.15, 0.2) is 0 Å². The maximum Gasteiger partial charge on any atom is 0.309 e. The second kappa shape index (κ2) is 44.1. The topological polar surface area (TPSA) is 52.6 Å². The third kappa shape index (κ3) is 39.9. The first kappa shape index (κ1) is 50.7. The number of ether oxygens (including phenoxy) is 2. The summed E-state index contributed by atoms with van der Waals surface area (Å²) in [5.74, 6) is -0.818. The molecule has 0 aromatic carbocycles. The highest BCUT2D eigenvalue weighted by Gasteiger charge is 2.24. The second-order valence-corrected chi connectivity index (χ2v) is 16.1. The lowest BCUT2D eigenvalue weighted by Gasteiger charge is -2.16. The Balaban J connectivity index is 4.23. The molecule has 0 saturated heterocycles. The lowest BCUT2D eigenvalue weighted by Crippen LogP contribution is -2.23. The highest BCUT2D eigenvalue weighted by molar-refractivity contribution is 5.79. The van der Waals surface area contributed by atoms with Crippen molar-refractivity contribution in [2.45, 2.75) is 265 Å². The van der Waals surface area contributed by atoms with E-state index in [1.807, 2.05) is 0 Å². The normalized spacial score (nSPS) is 12.1. The van der Waals surface area contributed by atoms with Gasteiger partial charge in [-0.3, -0.25) is 9.59 Å². The summed E-state index contributed by atoms with van der Waals surface area (Å²) < 4.78 is 11.3. The van der Waals surface area contributed by atoms with Gasteiger partial charge in [-0.05, 0) is 44.9 Å². The average Bonchev–Trinajstić information content (AvgIpc) is 3.14. The van der Waals surface area contributed by atoms with Crippen molar-refractivity contribution in [2.75, 3.05) is 13.2 Å². The van der Waals surface area contributed by atoms with Crippen LogP contribution in [0.3, 0.4) is 0 Å². The molecule has 0 aromatic heterocycles. The van der Waals surface area contributed by atoms with E-state index in [2.05, 4.69) is 32.9 Å². The zero-order chi connectivity index (χ0) is 37.8. The lowest BCUT2D eigenvalue weighted by atomic mass is 9.97. The Kier molecular flexibility index (Phi) is 43.0. The number of unbranched alkanes of at least 4 members (excludes halogenated alkanes) is 32. The van der Waals surface area contributed by atoms with Crippen LogP contribution in [0.15, 0.2) is 12.2 Å². The zero-order valence-corrected chi connectivity index (χ0v) is 35.6. The summed E-state index contributed by atoms with van der Waals surface area (Å²) in [7, 11) is 0. The molecule has 52 heavy (non-hydrogen) atoms. The van der Waals surface area contributed by atoms with Crippen LogP contribution in [-0.4, -0.2) is 25.2 Å². The van der Waals surface area contributed by atoms with Crippen LogP contribution in [0.5, 0.6) is 0 Å². The molecule has 0 aliphatic heterocycles. The summed E-state index contributed by atoms with van der Waals surface area (Å²) in [5, 5.41) is 0. The fourth-order valence-corrected chi connectivity index (χ4v) is 7.21. The molecule has 0 radical (unpaired) electrons. The molecule has 1 atom stereocenters. The van der Waals surface area contributed by atoms with Gasteiger partial charge < -0.3 is 9.47 Å². The number of rotatable bonds is 43. The molecule has 0 N–H and O–H groups in total. The molecule has 1 unspecified atom stereocenters. The Hall–Kier alpha value is -1.32. The van der Waals surface area contributed by atoms with Gasteiger partial charge in [-0.1, -0.05) is 226 Å². The molecule has 0 aliphatic carbocycles. The molecule has 0 rings (SSSR count). The van der Waals surface area contributed by atoms with Gasteiger partial charge in [0, 0.05) is 0 Å². The maximum atomic E-state index is 13.1. The third-order valence-electron chi connectivity index (χ3n) is 10.8. The smallest absolute Gasteiger partial charge is 0.309 e. The van der Waals surface area contributed by atoms with Crippen molar-refractivity contribution in [1.29, 1.82) is 0 Å². The van der Waals surface area contributed by atoms with E-state index >= 15 is 0 Å². The number of carbonyl (C=O) groups excluding carboxylic acids is 2. The van der Waals surface area contributed by atoms with Crippen LogP contribution in [-0.2, 0) is 19.1 Å². The molecule has 308 valence electrons. The van der Waals surface area contributed by atoms with Gasteiger partial charge in [-0.25, -0.2) is 0 Å². The minimum Gasteiger partial charge on any atom is -0.466 e. The summed E-state index contributed by atoms with van der Waals surface area (Å²) >= 11 is 0. The van der Waals surface area contributed by atoms with E-state index in [0.29, 0.717) is 19.6 Å². The second-order valence-electron chi connectivity index (χ2n) is 16.1. The van der Waals surface area contributed by atoms with Crippen molar-refractivity contribution in [3.05, 3.63) is 12.2 Å². The van der Waals surface area contributed by atoms with Gasteiger partial charge >= 0.3 is 11.9 Å². The van der Waals surface area contributed by atoms with Crippen LogP contribution in [0.4, 0.5) is 0 Å². The van der Waals surface area contributed by atoms with E-state index in [-0.39, 0.29) is 24.3 Å². The minimum atomic E-state index is -0.381. The molecule has 4 heteroatoms. The van der Waals surface area contributed by atoms with Gasteiger partial charge in [0.05, 0.1) is 25.6 Å². The molecule has 4 nitrogen and oxygen atoms in total. The van der Waals surface area contributed by atoms with Crippen LogP contribution in [0.1, 0.15) is 265 Å². The number of allylic oxidation sites excluding steroid dienone is 2. The molecule has 0 amide bonds. The van der Waals surface area contributed by atoms with Crippen LogP contribution in [0, 0.1) is 5.92 Å². The van der Waals surface area contributed by atoms with Crippen molar-refractivity contribution in [1.82, 2.24) is 0 Å². The van der Waals surface area contributed by atoms with E-state index < -0.39 is 0 Å². The molecule has 0 fully saturated rings. The quantitative estimate of drug-likeness (QED) is 0.0356. The van der Waals surface area contributed by atoms with Crippen LogP contribution in [0.25, 0.3) is 0 Å². The van der Waals surface area contributed by atoms with Crippen molar-refractivity contribution in [3.63, 3.8) is 0 Å². The highest BCUT2D eigenvalue weighted by atomic mass is 16.5. The Morgan fingerprint density at radius 3 is 1.08 bits per heavy atom. The predicted molar refractivity (Wildman–Crippen MR) is 227 cm³/mol. The first-order valence-electron chi connectivity index (χ1n) is 23.6. The summed E-state index contributed by atoms with van der Waals surface area (Å²) in [6, 6.07) is 0. The molecular formula is C48H92O4. The average molecular weight is 733 g/mol. The predicted octanol–water partition coefficient (Wildman–Crippen LogP) is 16.1. The molecule has 0 aliphatic rings. The van der Waals surface area contributed by atoms with Crippen LogP contribution < -0.4 is 0 Å². The van der Waals surface area contributed by atoms with Crippen molar-refractivity contribution >= 4 is 11.9 Å². The van der Waals surface area contributed by atoms with E-state index in [0.717, 1.165) is 44.9 Å². The van der Waals surface area contributed by atoms with E-state index in [4.69, 9.17) is 9.47 Å². The third-order valence-corrected chi connectivity index (χ3v) is 10.8. The Morgan fingerprint density at radius 2 is 0.692 bits per heavy atom. The number of hydrogen-bond acceptors (Lipinski definition) is 4. The minimum absolute atomic E-state index is 0.156. The summed E-state index contributed by atoms with van der Waals surface area (Å²) in [5.41, 5.74) is 0. The highest BCUT2D eigenvalue weighted by Crippen LogP contribution is 2.19. The fraction of sp³-hybridized carbons (Fsp3) is 0.917. The van der Waals surface area contributed by atoms with Gasteiger partial charge in [0.25, 0.3) is 0 Å². The standard InChI is InChI=1S/C48H92O4/c1-4-7-10-13-16-19-22-23-24-25-26-27-28-29-30-33-36-39-42-46(48(50)52-44-41-38-35-32-21-18-15-12-9-6-3)45-47(49)51-43-40-37-34-31-20-17-14-11-8-5-2/h29-30,46H,4-28,31-45H2,1-3H3/b30-29+. The summed E-state index contributed by atoms with van der Waals surface area (Å²) in [6.07, 6.45) is 51.6. The maximum absolute atomic E-state index is 13.1. The Bertz CT molecular complexity index is 747. The SMILES string of the molecule is CCCCCCCCCCCCCC/C=C/CCCCC(CC(=O)OCCCCCCCCCCCC)C(=O)OCCCCCCCCCCCC. The van der Waals surface area contributed by atoms with Crippen LogP contribution in [0.2, 0.25) is 0 Å².